The maximum Gasteiger partial charge on any atom is 0.261 e. The van der Waals surface area contributed by atoms with Crippen LogP contribution in [0.25, 0.3) is 0 Å². The molecule has 0 radical (unpaired) electrons. The van der Waals surface area contributed by atoms with E-state index in [1.807, 2.05) is 77.1 Å². The second kappa shape index (κ2) is 10.6. The smallest absolute Gasteiger partial charge is 0.261 e. The van der Waals surface area contributed by atoms with Crippen LogP contribution < -0.4 is 10.1 Å². The van der Waals surface area contributed by atoms with Crippen molar-refractivity contribution in [2.24, 2.45) is 0 Å². The highest BCUT2D eigenvalue weighted by atomic mass is 16.5. The number of hydrogen-bond donors (Lipinski definition) is 1. The molecule has 2 amide bonds. The summed E-state index contributed by atoms with van der Waals surface area (Å²) in [5, 5.41) is 2.84. The summed E-state index contributed by atoms with van der Waals surface area (Å²) >= 11 is 0. The van der Waals surface area contributed by atoms with Gasteiger partial charge in [0.05, 0.1) is 0 Å². The maximum atomic E-state index is 13.1. The lowest BCUT2D eigenvalue weighted by atomic mass is 10.1. The number of carbonyl (C=O) groups is 2. The van der Waals surface area contributed by atoms with E-state index in [4.69, 9.17) is 4.74 Å². The van der Waals surface area contributed by atoms with Crippen molar-refractivity contribution in [2.75, 3.05) is 13.2 Å². The summed E-state index contributed by atoms with van der Waals surface area (Å²) < 4.78 is 5.83. The Kier molecular flexibility index (Phi) is 8.25. The van der Waals surface area contributed by atoms with E-state index in [9.17, 15) is 9.59 Å². The molecule has 1 unspecified atom stereocenters. The van der Waals surface area contributed by atoms with Crippen LogP contribution in [0, 0.1) is 20.8 Å². The van der Waals surface area contributed by atoms with Crippen LogP contribution in [-0.2, 0) is 16.1 Å². The molecule has 0 aromatic heterocycles. The number of hydrogen-bond acceptors (Lipinski definition) is 3. The number of amides is 2. The van der Waals surface area contributed by atoms with Gasteiger partial charge in [-0.1, -0.05) is 48.9 Å². The Bertz CT molecular complexity index is 831. The molecule has 5 heteroatoms. The third-order valence-electron chi connectivity index (χ3n) is 4.91. The van der Waals surface area contributed by atoms with Gasteiger partial charge in [-0.15, -0.1) is 0 Å². The van der Waals surface area contributed by atoms with Gasteiger partial charge in [0.1, 0.15) is 11.8 Å². The Morgan fingerprint density at radius 3 is 2.28 bits per heavy atom. The summed E-state index contributed by atoms with van der Waals surface area (Å²) in [5.41, 5.74) is 4.19. The molecule has 156 valence electrons. The average Bonchev–Trinajstić information content (AvgIpc) is 2.70. The lowest BCUT2D eigenvalue weighted by Crippen LogP contribution is -2.50. The molecule has 2 rings (SSSR count). The van der Waals surface area contributed by atoms with Crippen LogP contribution in [0.1, 0.15) is 42.5 Å². The van der Waals surface area contributed by atoms with Crippen molar-refractivity contribution in [3.8, 4) is 5.75 Å². The van der Waals surface area contributed by atoms with Crippen molar-refractivity contribution in [1.29, 1.82) is 0 Å². The fraction of sp³-hybridized carbons (Fsp3) is 0.417. The van der Waals surface area contributed by atoms with Crippen LogP contribution >= 0.6 is 0 Å². The van der Waals surface area contributed by atoms with Crippen LogP contribution in [0.5, 0.6) is 5.75 Å². The molecular formula is C24H32N2O3. The van der Waals surface area contributed by atoms with Gasteiger partial charge in [-0.3, -0.25) is 9.59 Å². The van der Waals surface area contributed by atoms with Gasteiger partial charge in [0, 0.05) is 13.1 Å². The van der Waals surface area contributed by atoms with Crippen LogP contribution in [0.15, 0.2) is 42.5 Å². The lowest BCUT2D eigenvalue weighted by Gasteiger charge is -2.30. The van der Waals surface area contributed by atoms with E-state index in [0.717, 1.165) is 22.3 Å². The van der Waals surface area contributed by atoms with Gasteiger partial charge in [-0.2, -0.15) is 0 Å². The average molecular weight is 397 g/mol. The monoisotopic (exact) mass is 396 g/mol. The summed E-state index contributed by atoms with van der Waals surface area (Å²) in [6.07, 6.45) is 0.535. The topological polar surface area (TPSA) is 58.6 Å². The number of nitrogens with one attached hydrogen (secondary N) is 1. The summed E-state index contributed by atoms with van der Waals surface area (Å²) in [6.45, 7) is 10.5. The van der Waals surface area contributed by atoms with E-state index in [2.05, 4.69) is 5.32 Å². The summed E-state index contributed by atoms with van der Waals surface area (Å²) in [4.78, 5) is 27.3. The van der Waals surface area contributed by atoms with Crippen molar-refractivity contribution in [3.05, 3.63) is 64.7 Å². The van der Waals surface area contributed by atoms with Gasteiger partial charge in [0.25, 0.3) is 5.91 Å². The molecule has 0 aliphatic rings. The zero-order valence-electron chi connectivity index (χ0n) is 18.1. The first-order valence-electron chi connectivity index (χ1n) is 10.2. The van der Waals surface area contributed by atoms with E-state index in [0.29, 0.717) is 25.3 Å². The highest BCUT2D eigenvalue weighted by molar-refractivity contribution is 5.88. The number of ether oxygens (including phenoxy) is 1. The summed E-state index contributed by atoms with van der Waals surface area (Å²) in [5.74, 6) is 0.353. The Morgan fingerprint density at radius 2 is 1.66 bits per heavy atom. The van der Waals surface area contributed by atoms with Crippen LogP contribution in [0.4, 0.5) is 0 Å². The third kappa shape index (κ3) is 6.34. The van der Waals surface area contributed by atoms with E-state index in [-0.39, 0.29) is 18.4 Å². The molecule has 0 heterocycles. The Morgan fingerprint density at radius 1 is 1.00 bits per heavy atom. The molecular weight excluding hydrogens is 364 g/mol. The van der Waals surface area contributed by atoms with E-state index >= 15 is 0 Å². The van der Waals surface area contributed by atoms with Crippen molar-refractivity contribution < 1.29 is 14.3 Å². The molecule has 0 aliphatic carbocycles. The minimum Gasteiger partial charge on any atom is -0.483 e. The quantitative estimate of drug-likeness (QED) is 0.699. The number of nitrogens with zero attached hydrogens (tertiary/aromatic N) is 1. The molecule has 1 atom stereocenters. The van der Waals surface area contributed by atoms with Crippen LogP contribution in [0.3, 0.4) is 0 Å². The fourth-order valence-corrected chi connectivity index (χ4v) is 3.19. The predicted molar refractivity (Wildman–Crippen MR) is 116 cm³/mol. The molecule has 0 bridgehead atoms. The molecule has 2 aromatic carbocycles. The first kappa shape index (κ1) is 22.5. The fourth-order valence-electron chi connectivity index (χ4n) is 3.19. The van der Waals surface area contributed by atoms with Gasteiger partial charge in [0.2, 0.25) is 5.91 Å². The van der Waals surface area contributed by atoms with Crippen molar-refractivity contribution in [2.45, 2.75) is 53.6 Å². The minimum absolute atomic E-state index is 0.105. The molecule has 2 aromatic rings. The molecule has 0 aliphatic heterocycles. The number of carbonyl (C=O) groups excluding carboxylic acids is 2. The molecule has 0 spiro atoms. The normalized spacial score (nSPS) is 11.6. The largest absolute Gasteiger partial charge is 0.483 e. The van der Waals surface area contributed by atoms with Gasteiger partial charge >= 0.3 is 0 Å². The van der Waals surface area contributed by atoms with Crippen molar-refractivity contribution in [1.82, 2.24) is 10.2 Å². The minimum atomic E-state index is -0.536. The standard InChI is InChI=1S/C24H32N2O3/c1-6-21(24(28)25-7-2)26(15-20-12-9-17(3)10-13-20)23(27)16-29-22-14-18(4)8-11-19(22)5/h8-14,21H,6-7,15-16H2,1-5H3,(H,25,28). The number of likely N-dealkylation sites (N-methyl/N-ethyl adjacent to an activating group) is 1. The summed E-state index contributed by atoms with van der Waals surface area (Å²) in [7, 11) is 0. The zero-order chi connectivity index (χ0) is 21.4. The Labute approximate surface area is 174 Å². The molecule has 5 nitrogen and oxygen atoms in total. The van der Waals surface area contributed by atoms with Crippen LogP contribution in [0.2, 0.25) is 0 Å². The van der Waals surface area contributed by atoms with Gasteiger partial charge in [0.15, 0.2) is 6.61 Å². The van der Waals surface area contributed by atoms with Crippen LogP contribution in [-0.4, -0.2) is 35.9 Å². The number of benzene rings is 2. The predicted octanol–water partition coefficient (Wildman–Crippen LogP) is 3.93. The Hall–Kier alpha value is -2.82. The Balaban J connectivity index is 2.21. The van der Waals surface area contributed by atoms with Gasteiger partial charge in [-0.05, 0) is 56.9 Å². The highest BCUT2D eigenvalue weighted by Gasteiger charge is 2.28. The van der Waals surface area contributed by atoms with Crippen molar-refractivity contribution in [3.63, 3.8) is 0 Å². The maximum absolute atomic E-state index is 13.1. The van der Waals surface area contributed by atoms with E-state index in [1.54, 1.807) is 4.90 Å². The van der Waals surface area contributed by atoms with Gasteiger partial charge in [-0.25, -0.2) is 0 Å². The molecule has 1 N–H and O–H groups in total. The number of aryl methyl sites for hydroxylation is 3. The van der Waals surface area contributed by atoms with Gasteiger partial charge < -0.3 is 15.0 Å². The SMILES string of the molecule is CCNC(=O)C(CC)N(Cc1ccc(C)cc1)C(=O)COc1cc(C)ccc1C. The van der Waals surface area contributed by atoms with E-state index in [1.165, 1.54) is 0 Å². The number of rotatable bonds is 9. The first-order valence-corrected chi connectivity index (χ1v) is 10.2. The second-order valence-corrected chi connectivity index (χ2v) is 7.38. The molecule has 0 saturated heterocycles. The highest BCUT2D eigenvalue weighted by Crippen LogP contribution is 2.20. The summed E-state index contributed by atoms with van der Waals surface area (Å²) in [6, 6.07) is 13.4. The lowest BCUT2D eigenvalue weighted by molar-refractivity contribution is -0.142. The molecule has 0 saturated carbocycles. The zero-order valence-corrected chi connectivity index (χ0v) is 18.1. The first-order chi connectivity index (χ1) is 13.8. The second-order valence-electron chi connectivity index (χ2n) is 7.38. The molecule has 0 fully saturated rings. The van der Waals surface area contributed by atoms with E-state index < -0.39 is 6.04 Å². The third-order valence-corrected chi connectivity index (χ3v) is 4.91. The molecule has 29 heavy (non-hydrogen) atoms. The van der Waals surface area contributed by atoms with Crippen molar-refractivity contribution >= 4 is 11.8 Å².